The largest absolute Gasteiger partial charge is 0.356 e. The Labute approximate surface area is 120 Å². The molecule has 1 fully saturated rings. The Hall–Kier alpha value is -1.22. The van der Waals surface area contributed by atoms with E-state index in [9.17, 15) is 0 Å². The molecular weight excluding hydrogens is 258 g/mol. The second-order valence-electron chi connectivity index (χ2n) is 5.14. The van der Waals surface area contributed by atoms with Gasteiger partial charge in [0.1, 0.15) is 0 Å². The zero-order chi connectivity index (χ0) is 13.7. The molecule has 19 heavy (non-hydrogen) atoms. The van der Waals surface area contributed by atoms with E-state index in [2.05, 4.69) is 34.7 Å². The van der Waals surface area contributed by atoms with Crippen LogP contribution in [0.25, 0.3) is 0 Å². The number of guanidine groups is 1. The summed E-state index contributed by atoms with van der Waals surface area (Å²) in [7, 11) is 1.81. The molecule has 0 unspecified atom stereocenters. The Balaban J connectivity index is 1.93. The number of nitrogens with zero attached hydrogens (tertiary/aromatic N) is 1. The minimum Gasteiger partial charge on any atom is -0.356 e. The molecule has 0 aromatic heterocycles. The minimum absolute atomic E-state index is 0.272. The minimum atomic E-state index is 0.272. The van der Waals surface area contributed by atoms with E-state index in [1.165, 1.54) is 18.4 Å². The molecule has 1 aliphatic rings. The third kappa shape index (κ3) is 3.63. The quantitative estimate of drug-likeness (QED) is 0.642. The van der Waals surface area contributed by atoms with Crippen molar-refractivity contribution in [2.45, 2.75) is 31.6 Å². The lowest BCUT2D eigenvalue weighted by Crippen LogP contribution is -2.41. The molecule has 1 aliphatic carbocycles. The first-order valence-corrected chi connectivity index (χ1v) is 7.28. The van der Waals surface area contributed by atoms with Crippen molar-refractivity contribution >= 4 is 17.6 Å². The number of hydrogen-bond acceptors (Lipinski definition) is 1. The van der Waals surface area contributed by atoms with Crippen LogP contribution in [0.1, 0.15) is 31.7 Å². The highest BCUT2D eigenvalue weighted by molar-refractivity contribution is 6.30. The number of halogens is 1. The highest BCUT2D eigenvalue weighted by Gasteiger charge is 2.44. The third-order valence-corrected chi connectivity index (χ3v) is 3.92. The van der Waals surface area contributed by atoms with Gasteiger partial charge in [-0.25, -0.2) is 0 Å². The molecule has 2 rings (SSSR count). The Morgan fingerprint density at radius 2 is 1.95 bits per heavy atom. The molecule has 0 radical (unpaired) electrons. The van der Waals surface area contributed by atoms with E-state index in [0.717, 1.165) is 30.5 Å². The van der Waals surface area contributed by atoms with E-state index in [1.807, 2.05) is 19.2 Å². The second-order valence-corrected chi connectivity index (χ2v) is 5.58. The zero-order valence-electron chi connectivity index (χ0n) is 11.7. The topological polar surface area (TPSA) is 36.4 Å². The fourth-order valence-corrected chi connectivity index (χ4v) is 2.36. The molecule has 4 heteroatoms. The Kier molecular flexibility index (Phi) is 4.70. The van der Waals surface area contributed by atoms with Crippen LogP contribution in [0.5, 0.6) is 0 Å². The molecule has 2 N–H and O–H groups in total. The van der Waals surface area contributed by atoms with Crippen LogP contribution in [0.3, 0.4) is 0 Å². The number of nitrogens with one attached hydrogen (secondary N) is 2. The van der Waals surface area contributed by atoms with Crippen LogP contribution in [-0.4, -0.2) is 26.1 Å². The number of aliphatic imine (C=N–C) groups is 1. The standard InChI is InChI=1S/C15H22ClN3/c1-3-10-18-14(17-2)19-11-15(8-9-15)12-4-6-13(16)7-5-12/h4-7H,3,8-11H2,1-2H3,(H2,17,18,19). The first kappa shape index (κ1) is 14.2. The Morgan fingerprint density at radius 1 is 1.26 bits per heavy atom. The summed E-state index contributed by atoms with van der Waals surface area (Å²) in [5.74, 6) is 0.891. The maximum absolute atomic E-state index is 5.94. The summed E-state index contributed by atoms with van der Waals surface area (Å²) >= 11 is 5.94. The van der Waals surface area contributed by atoms with Gasteiger partial charge < -0.3 is 10.6 Å². The molecule has 0 spiro atoms. The molecule has 1 aromatic carbocycles. The van der Waals surface area contributed by atoms with Gasteiger partial charge in [-0.05, 0) is 37.0 Å². The van der Waals surface area contributed by atoms with E-state index in [-0.39, 0.29) is 5.41 Å². The van der Waals surface area contributed by atoms with Crippen molar-refractivity contribution in [3.05, 3.63) is 34.9 Å². The molecule has 1 aromatic rings. The molecule has 0 bridgehead atoms. The predicted molar refractivity (Wildman–Crippen MR) is 82.0 cm³/mol. The number of hydrogen-bond donors (Lipinski definition) is 2. The first-order valence-electron chi connectivity index (χ1n) is 6.91. The zero-order valence-corrected chi connectivity index (χ0v) is 12.4. The van der Waals surface area contributed by atoms with Gasteiger partial charge in [0.25, 0.3) is 0 Å². The van der Waals surface area contributed by atoms with Gasteiger partial charge in [-0.1, -0.05) is 30.7 Å². The number of benzene rings is 1. The van der Waals surface area contributed by atoms with Gasteiger partial charge in [-0.2, -0.15) is 0 Å². The molecule has 0 heterocycles. The SMILES string of the molecule is CCCNC(=NC)NCC1(c2ccc(Cl)cc2)CC1. The van der Waals surface area contributed by atoms with Crippen molar-refractivity contribution in [1.29, 1.82) is 0 Å². The maximum atomic E-state index is 5.94. The fraction of sp³-hybridized carbons (Fsp3) is 0.533. The molecule has 0 atom stereocenters. The third-order valence-electron chi connectivity index (χ3n) is 3.67. The summed E-state index contributed by atoms with van der Waals surface area (Å²) in [6, 6.07) is 8.22. The van der Waals surface area contributed by atoms with Gasteiger partial charge in [0.15, 0.2) is 5.96 Å². The molecule has 0 saturated heterocycles. The highest BCUT2D eigenvalue weighted by atomic mass is 35.5. The average Bonchev–Trinajstić information content (AvgIpc) is 3.21. The van der Waals surface area contributed by atoms with Crippen molar-refractivity contribution in [1.82, 2.24) is 10.6 Å². The molecule has 3 nitrogen and oxygen atoms in total. The summed E-state index contributed by atoms with van der Waals surface area (Å²) < 4.78 is 0. The summed E-state index contributed by atoms with van der Waals surface area (Å²) in [4.78, 5) is 4.24. The smallest absolute Gasteiger partial charge is 0.191 e. The van der Waals surface area contributed by atoms with Crippen molar-refractivity contribution < 1.29 is 0 Å². The Bertz CT molecular complexity index is 435. The highest BCUT2D eigenvalue weighted by Crippen LogP contribution is 2.47. The number of rotatable bonds is 5. The Morgan fingerprint density at radius 3 is 2.47 bits per heavy atom. The van der Waals surface area contributed by atoms with E-state index in [0.29, 0.717) is 0 Å². The normalized spacial score (nSPS) is 17.1. The lowest BCUT2D eigenvalue weighted by atomic mass is 9.96. The van der Waals surface area contributed by atoms with Crippen molar-refractivity contribution in [2.24, 2.45) is 4.99 Å². The molecular formula is C15H22ClN3. The van der Waals surface area contributed by atoms with E-state index >= 15 is 0 Å². The van der Waals surface area contributed by atoms with Crippen LogP contribution in [-0.2, 0) is 5.41 Å². The predicted octanol–water partition coefficient (Wildman–Crippen LogP) is 2.95. The van der Waals surface area contributed by atoms with E-state index in [1.54, 1.807) is 0 Å². The molecule has 104 valence electrons. The van der Waals surface area contributed by atoms with Crippen LogP contribution >= 0.6 is 11.6 Å². The first-order chi connectivity index (χ1) is 9.20. The van der Waals surface area contributed by atoms with Crippen molar-refractivity contribution in [2.75, 3.05) is 20.1 Å². The molecule has 0 amide bonds. The molecule has 0 aliphatic heterocycles. The van der Waals surface area contributed by atoms with Gasteiger partial charge in [0.05, 0.1) is 0 Å². The molecule has 1 saturated carbocycles. The maximum Gasteiger partial charge on any atom is 0.191 e. The van der Waals surface area contributed by atoms with Crippen molar-refractivity contribution in [3.8, 4) is 0 Å². The monoisotopic (exact) mass is 279 g/mol. The summed E-state index contributed by atoms with van der Waals surface area (Å²) in [6.07, 6.45) is 3.56. The van der Waals surface area contributed by atoms with E-state index in [4.69, 9.17) is 11.6 Å². The van der Waals surface area contributed by atoms with Crippen molar-refractivity contribution in [3.63, 3.8) is 0 Å². The van der Waals surface area contributed by atoms with Gasteiger partial charge in [-0.3, -0.25) is 4.99 Å². The summed E-state index contributed by atoms with van der Waals surface area (Å²) in [5.41, 5.74) is 1.64. The van der Waals surface area contributed by atoms with Gasteiger partial charge in [0.2, 0.25) is 0 Å². The van der Waals surface area contributed by atoms with Crippen LogP contribution in [0.15, 0.2) is 29.3 Å². The van der Waals surface area contributed by atoms with Gasteiger partial charge in [0, 0.05) is 30.6 Å². The second kappa shape index (κ2) is 6.29. The average molecular weight is 280 g/mol. The van der Waals surface area contributed by atoms with Crippen LogP contribution in [0.2, 0.25) is 5.02 Å². The van der Waals surface area contributed by atoms with Gasteiger partial charge in [-0.15, -0.1) is 0 Å². The summed E-state index contributed by atoms with van der Waals surface area (Å²) in [5, 5.41) is 7.52. The fourth-order valence-electron chi connectivity index (χ4n) is 2.24. The van der Waals surface area contributed by atoms with Gasteiger partial charge >= 0.3 is 0 Å². The summed E-state index contributed by atoms with van der Waals surface area (Å²) in [6.45, 7) is 4.03. The van der Waals surface area contributed by atoms with E-state index < -0.39 is 0 Å². The lowest BCUT2D eigenvalue weighted by Gasteiger charge is -2.19. The van der Waals surface area contributed by atoms with Crippen LogP contribution < -0.4 is 10.6 Å². The van der Waals surface area contributed by atoms with Crippen LogP contribution in [0, 0.1) is 0 Å². The lowest BCUT2D eigenvalue weighted by molar-refractivity contribution is 0.644. The van der Waals surface area contributed by atoms with Crippen LogP contribution in [0.4, 0.5) is 0 Å².